The molecule has 0 radical (unpaired) electrons. The number of urea groups is 1. The Bertz CT molecular complexity index is 839. The lowest BCUT2D eigenvalue weighted by molar-refractivity contribution is -0.123. The Balaban J connectivity index is 1.96. The number of thiophene rings is 1. The zero-order valence-corrected chi connectivity index (χ0v) is 13.9. The van der Waals surface area contributed by atoms with Gasteiger partial charge in [-0.25, -0.2) is 9.59 Å². The second-order valence-corrected chi connectivity index (χ2v) is 5.79. The van der Waals surface area contributed by atoms with Crippen LogP contribution in [0.4, 0.5) is 15.5 Å². The zero-order valence-electron chi connectivity index (χ0n) is 13.1. The maximum atomic E-state index is 12.1. The van der Waals surface area contributed by atoms with Crippen LogP contribution in [0.2, 0.25) is 0 Å². The summed E-state index contributed by atoms with van der Waals surface area (Å²) in [4.78, 5) is 34.9. The van der Waals surface area contributed by atoms with E-state index in [9.17, 15) is 14.4 Å². The van der Waals surface area contributed by atoms with E-state index in [0.717, 1.165) is 0 Å². The zero-order chi connectivity index (χ0) is 18.4. The largest absolute Gasteiger partial charge is 0.449 e. The van der Waals surface area contributed by atoms with E-state index in [1.165, 1.54) is 42.5 Å². The first-order valence-corrected chi connectivity index (χ1v) is 7.94. The van der Waals surface area contributed by atoms with Crippen molar-refractivity contribution in [3.05, 3.63) is 46.8 Å². The summed E-state index contributed by atoms with van der Waals surface area (Å²) in [6, 6.07) is 8.66. The quantitative estimate of drug-likeness (QED) is 0.705. The van der Waals surface area contributed by atoms with Crippen LogP contribution >= 0.6 is 11.3 Å². The van der Waals surface area contributed by atoms with E-state index in [-0.39, 0.29) is 5.56 Å². The molecule has 0 bridgehead atoms. The number of esters is 1. The second-order valence-electron chi connectivity index (χ2n) is 4.88. The monoisotopic (exact) mass is 358 g/mol. The van der Waals surface area contributed by atoms with E-state index in [1.807, 2.05) is 6.07 Å². The SMILES string of the molecule is C[C@H](OC(=O)c1ccc(NC(N)=O)cc1)C(=O)Nc1sccc1C#N. The Labute approximate surface area is 147 Å². The van der Waals surface area contributed by atoms with Gasteiger partial charge in [-0.1, -0.05) is 0 Å². The Hall–Kier alpha value is -3.38. The van der Waals surface area contributed by atoms with Crippen molar-refractivity contribution in [2.75, 3.05) is 10.6 Å². The highest BCUT2D eigenvalue weighted by atomic mass is 32.1. The van der Waals surface area contributed by atoms with Crippen molar-refractivity contribution in [2.24, 2.45) is 5.73 Å². The fraction of sp³-hybridized carbons (Fsp3) is 0.125. The Kier molecular flexibility index (Phi) is 5.71. The number of carbonyl (C=O) groups is 3. The number of nitriles is 1. The second kappa shape index (κ2) is 7.94. The summed E-state index contributed by atoms with van der Waals surface area (Å²) in [6.07, 6.45) is -1.05. The summed E-state index contributed by atoms with van der Waals surface area (Å²) in [7, 11) is 0. The first-order chi connectivity index (χ1) is 11.9. The van der Waals surface area contributed by atoms with E-state index >= 15 is 0 Å². The van der Waals surface area contributed by atoms with Crippen LogP contribution in [0.5, 0.6) is 0 Å². The van der Waals surface area contributed by atoms with E-state index in [1.54, 1.807) is 11.4 Å². The van der Waals surface area contributed by atoms with Gasteiger partial charge in [0.2, 0.25) is 0 Å². The number of anilines is 2. The number of nitrogens with one attached hydrogen (secondary N) is 2. The van der Waals surface area contributed by atoms with Crippen LogP contribution in [0.25, 0.3) is 0 Å². The predicted octanol–water partition coefficient (Wildman–Crippen LogP) is 2.29. The molecule has 0 aliphatic heterocycles. The van der Waals surface area contributed by atoms with Crippen molar-refractivity contribution in [3.8, 4) is 6.07 Å². The minimum atomic E-state index is -1.05. The Morgan fingerprint density at radius 3 is 2.48 bits per heavy atom. The van der Waals surface area contributed by atoms with Gasteiger partial charge >= 0.3 is 12.0 Å². The van der Waals surface area contributed by atoms with Gasteiger partial charge in [0.25, 0.3) is 5.91 Å². The summed E-state index contributed by atoms with van der Waals surface area (Å²) in [6.45, 7) is 1.43. The van der Waals surface area contributed by atoms with Crippen molar-refractivity contribution in [1.82, 2.24) is 0 Å². The van der Waals surface area contributed by atoms with E-state index < -0.39 is 24.0 Å². The van der Waals surface area contributed by atoms with Crippen molar-refractivity contribution < 1.29 is 19.1 Å². The molecule has 0 saturated heterocycles. The third-order valence-corrected chi connectivity index (χ3v) is 3.89. The fourth-order valence-corrected chi connectivity index (χ4v) is 2.56. The Morgan fingerprint density at radius 2 is 1.88 bits per heavy atom. The van der Waals surface area contributed by atoms with Crippen molar-refractivity contribution in [2.45, 2.75) is 13.0 Å². The maximum Gasteiger partial charge on any atom is 0.338 e. The molecule has 0 unspecified atom stereocenters. The van der Waals surface area contributed by atoms with Gasteiger partial charge in [0.05, 0.1) is 11.1 Å². The fourth-order valence-electron chi connectivity index (χ4n) is 1.82. The summed E-state index contributed by atoms with van der Waals surface area (Å²) in [5.74, 6) is -1.24. The first-order valence-electron chi connectivity index (χ1n) is 7.06. The van der Waals surface area contributed by atoms with Gasteiger partial charge in [0, 0.05) is 5.69 Å². The molecular weight excluding hydrogens is 344 g/mol. The standard InChI is InChI=1S/C16H14N4O4S/c1-9(13(21)20-14-11(8-17)6-7-25-14)24-15(22)10-2-4-12(5-3-10)19-16(18)23/h2-7,9H,1H3,(H,20,21)(H3,18,19,23)/t9-/m0/s1. The lowest BCUT2D eigenvalue weighted by Gasteiger charge is -2.13. The minimum absolute atomic E-state index is 0.212. The summed E-state index contributed by atoms with van der Waals surface area (Å²) in [5, 5.41) is 15.9. The lowest BCUT2D eigenvalue weighted by Crippen LogP contribution is -2.29. The number of hydrogen-bond acceptors (Lipinski definition) is 6. The highest BCUT2D eigenvalue weighted by molar-refractivity contribution is 7.14. The third kappa shape index (κ3) is 4.79. The highest BCUT2D eigenvalue weighted by Crippen LogP contribution is 2.22. The van der Waals surface area contributed by atoms with Crippen LogP contribution in [0.1, 0.15) is 22.8 Å². The van der Waals surface area contributed by atoms with Gasteiger partial charge in [-0.2, -0.15) is 5.26 Å². The third-order valence-electron chi connectivity index (χ3n) is 3.06. The molecule has 0 aliphatic carbocycles. The molecule has 0 saturated carbocycles. The topological polar surface area (TPSA) is 134 Å². The Morgan fingerprint density at radius 1 is 1.20 bits per heavy atom. The van der Waals surface area contributed by atoms with E-state index in [2.05, 4.69) is 10.6 Å². The molecular formula is C16H14N4O4S. The predicted molar refractivity (Wildman–Crippen MR) is 92.2 cm³/mol. The molecule has 25 heavy (non-hydrogen) atoms. The molecule has 0 spiro atoms. The molecule has 1 aromatic carbocycles. The molecule has 0 fully saturated rings. The number of ether oxygens (including phenoxy) is 1. The lowest BCUT2D eigenvalue weighted by atomic mass is 10.2. The maximum absolute atomic E-state index is 12.1. The molecule has 128 valence electrons. The molecule has 2 aromatic rings. The van der Waals surface area contributed by atoms with Crippen LogP contribution in [0.15, 0.2) is 35.7 Å². The van der Waals surface area contributed by atoms with Gasteiger partial charge in [-0.15, -0.1) is 11.3 Å². The highest BCUT2D eigenvalue weighted by Gasteiger charge is 2.20. The number of benzene rings is 1. The summed E-state index contributed by atoms with van der Waals surface area (Å²) >= 11 is 1.20. The van der Waals surface area contributed by atoms with E-state index in [4.69, 9.17) is 15.7 Å². The molecule has 3 amide bonds. The molecule has 2 rings (SSSR count). The smallest absolute Gasteiger partial charge is 0.338 e. The van der Waals surface area contributed by atoms with Crippen molar-refractivity contribution >= 4 is 39.9 Å². The van der Waals surface area contributed by atoms with Gasteiger partial charge in [0.15, 0.2) is 6.10 Å². The van der Waals surface area contributed by atoms with Crippen LogP contribution in [0, 0.1) is 11.3 Å². The first kappa shape index (κ1) is 18.0. The van der Waals surface area contributed by atoms with Gasteiger partial charge < -0.3 is 21.1 Å². The number of amides is 3. The molecule has 9 heteroatoms. The number of hydrogen-bond donors (Lipinski definition) is 3. The molecule has 1 aromatic heterocycles. The number of nitrogens with zero attached hydrogens (tertiary/aromatic N) is 1. The normalized spacial score (nSPS) is 11.0. The van der Waals surface area contributed by atoms with Crippen molar-refractivity contribution in [3.63, 3.8) is 0 Å². The number of carbonyl (C=O) groups excluding carboxylic acids is 3. The number of rotatable bonds is 5. The van der Waals surface area contributed by atoms with Gasteiger partial charge in [-0.3, -0.25) is 4.79 Å². The van der Waals surface area contributed by atoms with Crippen LogP contribution in [-0.4, -0.2) is 24.0 Å². The van der Waals surface area contributed by atoms with Gasteiger partial charge in [0.1, 0.15) is 11.1 Å². The molecule has 0 aliphatic rings. The summed E-state index contributed by atoms with van der Waals surface area (Å²) in [5.41, 5.74) is 5.97. The van der Waals surface area contributed by atoms with E-state index in [0.29, 0.717) is 16.3 Å². The number of nitrogens with two attached hydrogens (primary N) is 1. The van der Waals surface area contributed by atoms with Crippen LogP contribution in [-0.2, 0) is 9.53 Å². The number of primary amides is 1. The molecule has 1 atom stereocenters. The molecule has 4 N–H and O–H groups in total. The van der Waals surface area contributed by atoms with Gasteiger partial charge in [-0.05, 0) is 42.6 Å². The average molecular weight is 358 g/mol. The average Bonchev–Trinajstić information content (AvgIpc) is 3.01. The summed E-state index contributed by atoms with van der Waals surface area (Å²) < 4.78 is 5.10. The van der Waals surface area contributed by atoms with Crippen molar-refractivity contribution in [1.29, 1.82) is 5.26 Å². The van der Waals surface area contributed by atoms with Crippen LogP contribution < -0.4 is 16.4 Å². The molecule has 1 heterocycles. The minimum Gasteiger partial charge on any atom is -0.449 e. The molecule has 8 nitrogen and oxygen atoms in total. The van der Waals surface area contributed by atoms with Crippen LogP contribution in [0.3, 0.4) is 0 Å².